The highest BCUT2D eigenvalue weighted by molar-refractivity contribution is 5.41. The summed E-state index contributed by atoms with van der Waals surface area (Å²) in [6, 6.07) is 20.3. The Labute approximate surface area is 183 Å². The molecular formula is C27H30O4. The summed E-state index contributed by atoms with van der Waals surface area (Å²) in [6.07, 6.45) is 0.673. The Bertz CT molecular complexity index is 1030. The third kappa shape index (κ3) is 4.40. The third-order valence-corrected chi connectivity index (χ3v) is 6.69. The predicted octanol–water partition coefficient (Wildman–Crippen LogP) is 6.23. The highest BCUT2D eigenvalue weighted by Gasteiger charge is 2.40. The van der Waals surface area contributed by atoms with E-state index in [1.54, 1.807) is 30.3 Å². The first-order valence-corrected chi connectivity index (χ1v) is 10.9. The molecular weight excluding hydrogens is 388 g/mol. The molecule has 162 valence electrons. The Hall–Kier alpha value is -2.98. The highest BCUT2D eigenvalue weighted by atomic mass is 16.5. The first kappa shape index (κ1) is 21.3. The van der Waals surface area contributed by atoms with Crippen molar-refractivity contribution < 1.29 is 20.1 Å². The first-order valence-electron chi connectivity index (χ1n) is 10.9. The molecule has 1 unspecified atom stereocenters. The lowest BCUT2D eigenvalue weighted by Crippen LogP contribution is -2.10. The Morgan fingerprint density at radius 3 is 1.87 bits per heavy atom. The molecule has 4 nitrogen and oxygen atoms in total. The zero-order chi connectivity index (χ0) is 22.1. The normalized spacial score (nSPS) is 24.2. The summed E-state index contributed by atoms with van der Waals surface area (Å²) in [5.41, 5.74) is 4.16. The average molecular weight is 419 g/mol. The number of benzene rings is 3. The molecule has 0 spiro atoms. The van der Waals surface area contributed by atoms with Crippen molar-refractivity contribution in [3.8, 4) is 17.2 Å². The van der Waals surface area contributed by atoms with Gasteiger partial charge in [-0.25, -0.2) is 0 Å². The molecule has 1 aliphatic heterocycles. The molecule has 1 saturated heterocycles. The second kappa shape index (κ2) is 8.64. The van der Waals surface area contributed by atoms with Crippen molar-refractivity contribution in [2.45, 2.75) is 45.3 Å². The molecule has 0 aromatic heterocycles. The van der Waals surface area contributed by atoms with Gasteiger partial charge in [0.05, 0.1) is 12.2 Å². The number of hydrogen-bond acceptors (Lipinski definition) is 4. The summed E-state index contributed by atoms with van der Waals surface area (Å²) in [7, 11) is 0. The van der Waals surface area contributed by atoms with Gasteiger partial charge >= 0.3 is 0 Å². The van der Waals surface area contributed by atoms with Crippen molar-refractivity contribution in [2.75, 3.05) is 0 Å². The van der Waals surface area contributed by atoms with Crippen LogP contribution in [0.15, 0.2) is 66.7 Å². The molecule has 1 aliphatic rings. The molecule has 3 aromatic carbocycles. The van der Waals surface area contributed by atoms with Gasteiger partial charge in [0.2, 0.25) is 0 Å². The van der Waals surface area contributed by atoms with Crippen molar-refractivity contribution in [1.29, 1.82) is 0 Å². The molecule has 1 fully saturated rings. The fourth-order valence-corrected chi connectivity index (χ4v) is 4.63. The van der Waals surface area contributed by atoms with Crippen LogP contribution in [0, 0.1) is 11.8 Å². The standard InChI is InChI=1S/C27H30O4/c1-16(14-19-4-9-22(28)10-5-19)24-15-21(8-13-25(24)30)27-18(3)17(2)26(31-27)20-6-11-23(29)12-7-20/h4-13,15-18,26-30H,14H2,1-3H3/t16?,17-,18+,26-,27+/m1/s1. The summed E-state index contributed by atoms with van der Waals surface area (Å²) in [5, 5.41) is 29.6. The van der Waals surface area contributed by atoms with Crippen LogP contribution in [-0.4, -0.2) is 15.3 Å². The summed E-state index contributed by atoms with van der Waals surface area (Å²) < 4.78 is 6.51. The van der Waals surface area contributed by atoms with Gasteiger partial charge in [-0.15, -0.1) is 0 Å². The summed E-state index contributed by atoms with van der Waals surface area (Å²) >= 11 is 0. The van der Waals surface area contributed by atoms with E-state index in [0.717, 1.165) is 28.7 Å². The maximum atomic E-state index is 10.5. The summed E-state index contributed by atoms with van der Waals surface area (Å²) in [4.78, 5) is 0. The number of phenols is 3. The number of phenolic OH excluding ortho intramolecular Hbond substituents is 3. The van der Waals surface area contributed by atoms with Crippen LogP contribution in [-0.2, 0) is 11.2 Å². The molecule has 4 rings (SSSR count). The lowest BCUT2D eigenvalue weighted by Gasteiger charge is -2.20. The minimum Gasteiger partial charge on any atom is -0.508 e. The molecule has 31 heavy (non-hydrogen) atoms. The van der Waals surface area contributed by atoms with Crippen molar-refractivity contribution in [2.24, 2.45) is 11.8 Å². The van der Waals surface area contributed by atoms with Gasteiger partial charge in [0.25, 0.3) is 0 Å². The monoisotopic (exact) mass is 418 g/mol. The van der Waals surface area contributed by atoms with Crippen molar-refractivity contribution in [1.82, 2.24) is 0 Å². The van der Waals surface area contributed by atoms with Crippen molar-refractivity contribution in [3.63, 3.8) is 0 Å². The second-order valence-electron chi connectivity index (χ2n) is 8.88. The quantitative estimate of drug-likeness (QED) is 0.459. The maximum absolute atomic E-state index is 10.5. The van der Waals surface area contributed by atoms with E-state index in [1.807, 2.05) is 30.3 Å². The lowest BCUT2D eigenvalue weighted by molar-refractivity contribution is 0.0289. The number of ether oxygens (including phenoxy) is 1. The van der Waals surface area contributed by atoms with E-state index in [4.69, 9.17) is 4.74 Å². The van der Waals surface area contributed by atoms with Crippen molar-refractivity contribution in [3.05, 3.63) is 89.0 Å². The minimum absolute atomic E-state index is 0.0349. The van der Waals surface area contributed by atoms with E-state index >= 15 is 0 Å². The van der Waals surface area contributed by atoms with Crippen LogP contribution in [0.3, 0.4) is 0 Å². The van der Waals surface area contributed by atoms with E-state index in [2.05, 4.69) is 26.8 Å². The van der Waals surface area contributed by atoms with E-state index in [-0.39, 0.29) is 29.6 Å². The molecule has 0 bridgehead atoms. The van der Waals surface area contributed by atoms with Gasteiger partial charge in [-0.05, 0) is 82.8 Å². The van der Waals surface area contributed by atoms with Crippen LogP contribution >= 0.6 is 0 Å². The Morgan fingerprint density at radius 2 is 1.26 bits per heavy atom. The van der Waals surface area contributed by atoms with E-state index < -0.39 is 0 Å². The molecule has 3 aromatic rings. The SMILES string of the molecule is CC(Cc1ccc(O)cc1)c1cc([C@H]2O[C@@H](c3ccc(O)cc3)[C@H](C)[C@@H]2C)ccc1O. The smallest absolute Gasteiger partial charge is 0.119 e. The van der Waals surface area contributed by atoms with E-state index in [0.29, 0.717) is 17.6 Å². The molecule has 0 amide bonds. The van der Waals surface area contributed by atoms with E-state index in [1.165, 1.54) is 0 Å². The van der Waals surface area contributed by atoms with Crippen LogP contribution in [0.5, 0.6) is 17.2 Å². The Morgan fingerprint density at radius 1 is 0.742 bits per heavy atom. The van der Waals surface area contributed by atoms with E-state index in [9.17, 15) is 15.3 Å². The first-order chi connectivity index (χ1) is 14.8. The number of rotatable bonds is 5. The molecule has 1 heterocycles. The van der Waals surface area contributed by atoms with Crippen LogP contribution in [0.2, 0.25) is 0 Å². The largest absolute Gasteiger partial charge is 0.508 e. The molecule has 0 radical (unpaired) electrons. The third-order valence-electron chi connectivity index (χ3n) is 6.69. The van der Waals surface area contributed by atoms with Gasteiger partial charge in [0, 0.05) is 0 Å². The predicted molar refractivity (Wildman–Crippen MR) is 121 cm³/mol. The molecule has 0 aliphatic carbocycles. The minimum atomic E-state index is -0.0611. The molecule has 5 atom stereocenters. The Balaban J connectivity index is 1.57. The zero-order valence-electron chi connectivity index (χ0n) is 18.2. The maximum Gasteiger partial charge on any atom is 0.119 e. The van der Waals surface area contributed by atoms with Gasteiger partial charge in [-0.3, -0.25) is 0 Å². The number of hydrogen-bond donors (Lipinski definition) is 3. The van der Waals surface area contributed by atoms with Crippen LogP contribution in [0.1, 0.15) is 61.2 Å². The zero-order valence-corrected chi connectivity index (χ0v) is 18.2. The molecule has 0 saturated carbocycles. The number of aromatic hydroxyl groups is 3. The van der Waals surface area contributed by atoms with Gasteiger partial charge in [0.1, 0.15) is 17.2 Å². The molecule has 4 heteroatoms. The van der Waals surface area contributed by atoms with Gasteiger partial charge < -0.3 is 20.1 Å². The molecule has 3 N–H and O–H groups in total. The fourth-order valence-electron chi connectivity index (χ4n) is 4.63. The highest BCUT2D eigenvalue weighted by Crippen LogP contribution is 2.49. The second-order valence-corrected chi connectivity index (χ2v) is 8.88. The van der Waals surface area contributed by atoms with Crippen LogP contribution in [0.4, 0.5) is 0 Å². The lowest BCUT2D eigenvalue weighted by atomic mass is 9.84. The van der Waals surface area contributed by atoms with Gasteiger partial charge in [0.15, 0.2) is 0 Å². The topological polar surface area (TPSA) is 69.9 Å². The summed E-state index contributed by atoms with van der Waals surface area (Å²) in [5.74, 6) is 1.55. The Kier molecular flexibility index (Phi) is 5.92. The van der Waals surface area contributed by atoms with Crippen LogP contribution < -0.4 is 0 Å². The summed E-state index contributed by atoms with van der Waals surface area (Å²) in [6.45, 7) is 6.52. The van der Waals surface area contributed by atoms with Gasteiger partial charge in [-0.2, -0.15) is 0 Å². The van der Waals surface area contributed by atoms with Crippen LogP contribution in [0.25, 0.3) is 0 Å². The van der Waals surface area contributed by atoms with Gasteiger partial charge in [-0.1, -0.05) is 51.1 Å². The average Bonchev–Trinajstić information content (AvgIpc) is 3.05. The van der Waals surface area contributed by atoms with Crippen molar-refractivity contribution >= 4 is 0 Å². The fraction of sp³-hybridized carbons (Fsp3) is 0.333.